The lowest BCUT2D eigenvalue weighted by Crippen LogP contribution is -2.37. The summed E-state index contributed by atoms with van der Waals surface area (Å²) in [7, 11) is 0. The fraction of sp³-hybridized carbons (Fsp3) is 0.190. The average Bonchev–Trinajstić information content (AvgIpc) is 3.21. The Bertz CT molecular complexity index is 1020. The molecule has 1 aromatic carbocycles. The molecule has 0 saturated heterocycles. The van der Waals surface area contributed by atoms with Gasteiger partial charge >= 0.3 is 0 Å². The Balaban J connectivity index is 1.43. The van der Waals surface area contributed by atoms with Crippen molar-refractivity contribution in [2.75, 3.05) is 6.54 Å². The molecule has 0 aliphatic carbocycles. The lowest BCUT2D eigenvalue weighted by molar-refractivity contribution is -0.131. The van der Waals surface area contributed by atoms with Crippen molar-refractivity contribution >= 4 is 23.2 Å². The first-order valence-electron chi connectivity index (χ1n) is 8.99. The van der Waals surface area contributed by atoms with Gasteiger partial charge in [-0.1, -0.05) is 36.4 Å². The number of fused-ring (bicyclic) bond motifs is 1. The standard InChI is InChI=1S/C21H19N3O3S/c25-20(12-16-7-9-19(28-16)14-4-2-1-3-5-14)24-11-10-17-15(13-24)6-8-18(22-17)21(26)23-27/h1-9,27H,10-13H2,(H,23,26). The van der Waals surface area contributed by atoms with Crippen LogP contribution in [0.5, 0.6) is 0 Å². The molecule has 0 radical (unpaired) electrons. The molecule has 2 N–H and O–H groups in total. The number of aromatic nitrogens is 1. The van der Waals surface area contributed by atoms with Gasteiger partial charge in [0, 0.05) is 35.0 Å². The molecule has 0 saturated carbocycles. The van der Waals surface area contributed by atoms with Gasteiger partial charge in [-0.05, 0) is 29.3 Å². The first-order valence-corrected chi connectivity index (χ1v) is 9.81. The molecule has 3 heterocycles. The number of hydroxylamine groups is 1. The zero-order chi connectivity index (χ0) is 19.5. The highest BCUT2D eigenvalue weighted by Gasteiger charge is 2.23. The molecular formula is C21H19N3O3S. The lowest BCUT2D eigenvalue weighted by atomic mass is 10.0. The van der Waals surface area contributed by atoms with Crippen LogP contribution < -0.4 is 5.48 Å². The average molecular weight is 393 g/mol. The quantitative estimate of drug-likeness (QED) is 0.527. The summed E-state index contributed by atoms with van der Waals surface area (Å²) in [4.78, 5) is 32.6. The molecule has 2 aromatic heterocycles. The summed E-state index contributed by atoms with van der Waals surface area (Å²) in [6, 6.07) is 17.6. The number of benzene rings is 1. The van der Waals surface area contributed by atoms with Crippen molar-refractivity contribution in [3.63, 3.8) is 0 Å². The first-order chi connectivity index (χ1) is 13.6. The monoisotopic (exact) mass is 393 g/mol. The predicted octanol–water partition coefficient (Wildman–Crippen LogP) is 3.06. The first kappa shape index (κ1) is 18.3. The molecule has 0 fully saturated rings. The second-order valence-electron chi connectivity index (χ2n) is 6.62. The van der Waals surface area contributed by atoms with E-state index < -0.39 is 5.91 Å². The fourth-order valence-electron chi connectivity index (χ4n) is 3.30. The van der Waals surface area contributed by atoms with Gasteiger partial charge in [0.05, 0.1) is 6.42 Å². The molecule has 2 amide bonds. The van der Waals surface area contributed by atoms with E-state index in [9.17, 15) is 9.59 Å². The van der Waals surface area contributed by atoms with Crippen molar-refractivity contribution in [2.45, 2.75) is 19.4 Å². The van der Waals surface area contributed by atoms with Crippen molar-refractivity contribution in [3.8, 4) is 10.4 Å². The second-order valence-corrected chi connectivity index (χ2v) is 7.79. The Hall–Kier alpha value is -3.03. The van der Waals surface area contributed by atoms with Crippen molar-refractivity contribution in [1.29, 1.82) is 0 Å². The molecule has 1 aliphatic heterocycles. The smallest absolute Gasteiger partial charge is 0.293 e. The van der Waals surface area contributed by atoms with E-state index in [0.29, 0.717) is 25.9 Å². The van der Waals surface area contributed by atoms with Crippen LogP contribution >= 0.6 is 11.3 Å². The van der Waals surface area contributed by atoms with Crippen molar-refractivity contribution in [1.82, 2.24) is 15.4 Å². The molecule has 28 heavy (non-hydrogen) atoms. The minimum atomic E-state index is -0.631. The summed E-state index contributed by atoms with van der Waals surface area (Å²) in [5, 5.41) is 8.73. The normalized spacial score (nSPS) is 13.1. The largest absolute Gasteiger partial charge is 0.338 e. The van der Waals surface area contributed by atoms with Gasteiger partial charge in [-0.3, -0.25) is 14.8 Å². The van der Waals surface area contributed by atoms with Crippen LogP contribution in [0.2, 0.25) is 0 Å². The molecule has 142 valence electrons. The Morgan fingerprint density at radius 2 is 1.93 bits per heavy atom. The van der Waals surface area contributed by atoms with E-state index in [0.717, 1.165) is 26.6 Å². The highest BCUT2D eigenvalue weighted by atomic mass is 32.1. The molecular weight excluding hydrogens is 374 g/mol. The number of nitrogens with one attached hydrogen (secondary N) is 1. The zero-order valence-electron chi connectivity index (χ0n) is 15.1. The van der Waals surface area contributed by atoms with Crippen LogP contribution in [0.25, 0.3) is 10.4 Å². The number of rotatable bonds is 4. The molecule has 6 nitrogen and oxygen atoms in total. The Labute approximate surface area is 166 Å². The Morgan fingerprint density at radius 3 is 2.71 bits per heavy atom. The van der Waals surface area contributed by atoms with Crippen LogP contribution in [-0.4, -0.2) is 33.5 Å². The third-order valence-electron chi connectivity index (χ3n) is 4.78. The van der Waals surface area contributed by atoms with Gasteiger partial charge in [0.25, 0.3) is 5.91 Å². The number of nitrogens with zero attached hydrogens (tertiary/aromatic N) is 2. The predicted molar refractivity (Wildman–Crippen MR) is 106 cm³/mol. The van der Waals surface area contributed by atoms with Crippen LogP contribution in [0.3, 0.4) is 0 Å². The van der Waals surface area contributed by atoms with E-state index in [1.807, 2.05) is 29.2 Å². The molecule has 7 heteroatoms. The lowest BCUT2D eigenvalue weighted by Gasteiger charge is -2.28. The Morgan fingerprint density at radius 1 is 1.11 bits per heavy atom. The van der Waals surface area contributed by atoms with Crippen LogP contribution in [0.4, 0.5) is 0 Å². The maximum absolute atomic E-state index is 12.8. The van der Waals surface area contributed by atoms with Gasteiger partial charge in [0.15, 0.2) is 0 Å². The van der Waals surface area contributed by atoms with Gasteiger partial charge in [-0.15, -0.1) is 11.3 Å². The van der Waals surface area contributed by atoms with Gasteiger partial charge < -0.3 is 4.90 Å². The number of pyridine rings is 1. The van der Waals surface area contributed by atoms with E-state index in [1.165, 1.54) is 0 Å². The minimum Gasteiger partial charge on any atom is -0.338 e. The summed E-state index contributed by atoms with van der Waals surface area (Å²) in [5.74, 6) is -0.544. The van der Waals surface area contributed by atoms with Crippen LogP contribution in [0.1, 0.15) is 26.6 Å². The highest BCUT2D eigenvalue weighted by Crippen LogP contribution is 2.28. The highest BCUT2D eigenvalue weighted by molar-refractivity contribution is 7.15. The fourth-order valence-corrected chi connectivity index (χ4v) is 4.31. The second kappa shape index (κ2) is 7.92. The molecule has 1 aliphatic rings. The third-order valence-corrected chi connectivity index (χ3v) is 5.91. The van der Waals surface area contributed by atoms with Crippen LogP contribution in [-0.2, 0) is 24.2 Å². The van der Waals surface area contributed by atoms with Gasteiger partial charge in [-0.25, -0.2) is 10.5 Å². The minimum absolute atomic E-state index is 0.0873. The topological polar surface area (TPSA) is 82.5 Å². The maximum atomic E-state index is 12.8. The molecule has 0 unspecified atom stereocenters. The van der Waals surface area contributed by atoms with E-state index in [1.54, 1.807) is 28.9 Å². The molecule has 0 bridgehead atoms. The number of carbonyl (C=O) groups is 2. The molecule has 4 rings (SSSR count). The summed E-state index contributed by atoms with van der Waals surface area (Å²) < 4.78 is 0. The van der Waals surface area contributed by atoms with E-state index in [-0.39, 0.29) is 11.6 Å². The maximum Gasteiger partial charge on any atom is 0.293 e. The van der Waals surface area contributed by atoms with E-state index in [2.05, 4.69) is 23.2 Å². The number of hydrogen-bond donors (Lipinski definition) is 2. The van der Waals surface area contributed by atoms with Crippen molar-refractivity contribution < 1.29 is 14.8 Å². The Kier molecular flexibility index (Phi) is 5.18. The molecule has 0 atom stereocenters. The van der Waals surface area contributed by atoms with Crippen LogP contribution in [0, 0.1) is 0 Å². The third kappa shape index (κ3) is 3.81. The zero-order valence-corrected chi connectivity index (χ0v) is 15.9. The van der Waals surface area contributed by atoms with E-state index in [4.69, 9.17) is 5.21 Å². The van der Waals surface area contributed by atoms with E-state index >= 15 is 0 Å². The summed E-state index contributed by atoms with van der Waals surface area (Å²) in [6.45, 7) is 1.05. The number of carbonyl (C=O) groups excluding carboxylic acids is 2. The molecule has 3 aromatic rings. The van der Waals surface area contributed by atoms with Gasteiger partial charge in [-0.2, -0.15) is 0 Å². The van der Waals surface area contributed by atoms with Crippen LogP contribution in [0.15, 0.2) is 54.6 Å². The number of hydrogen-bond acceptors (Lipinski definition) is 5. The van der Waals surface area contributed by atoms with Crippen molar-refractivity contribution in [3.05, 3.63) is 76.4 Å². The summed E-state index contributed by atoms with van der Waals surface area (Å²) in [5.41, 5.74) is 4.66. The summed E-state index contributed by atoms with van der Waals surface area (Å²) in [6.07, 6.45) is 0.971. The number of amides is 2. The molecule has 0 spiro atoms. The van der Waals surface area contributed by atoms with Gasteiger partial charge in [0.1, 0.15) is 5.69 Å². The number of thiophene rings is 1. The SMILES string of the molecule is O=C(NO)c1ccc2c(n1)CCN(C(=O)Cc1ccc(-c3ccccc3)s1)C2. The van der Waals surface area contributed by atoms with Gasteiger partial charge in [0.2, 0.25) is 5.91 Å². The summed E-state index contributed by atoms with van der Waals surface area (Å²) >= 11 is 1.64. The van der Waals surface area contributed by atoms with Crippen molar-refractivity contribution in [2.24, 2.45) is 0 Å².